The summed E-state index contributed by atoms with van der Waals surface area (Å²) in [5, 5.41) is 0.124. The Morgan fingerprint density at radius 2 is 1.48 bits per heavy atom. The number of carbonyl (C=O) groups is 4. The van der Waals surface area contributed by atoms with Crippen molar-refractivity contribution >= 4 is 69.2 Å². The van der Waals surface area contributed by atoms with Crippen molar-refractivity contribution in [2.75, 3.05) is 17.1 Å². The van der Waals surface area contributed by atoms with Crippen LogP contribution in [-0.4, -0.2) is 83.7 Å². The molecule has 2 heterocycles. The van der Waals surface area contributed by atoms with Crippen molar-refractivity contribution in [1.29, 1.82) is 0 Å². The van der Waals surface area contributed by atoms with E-state index in [1.807, 2.05) is 0 Å². The highest BCUT2D eigenvalue weighted by Crippen LogP contribution is 2.37. The molecule has 5 unspecified atom stereocenters. The largest absolute Gasteiger partial charge is 0.463 e. The summed E-state index contributed by atoms with van der Waals surface area (Å²) in [5.41, 5.74) is 4.51. The van der Waals surface area contributed by atoms with Gasteiger partial charge in [0.25, 0.3) is 10.0 Å². The van der Waals surface area contributed by atoms with E-state index < -0.39 is 76.3 Å². The predicted molar refractivity (Wildman–Crippen MR) is 144 cm³/mol. The minimum absolute atomic E-state index is 0.139. The smallest absolute Gasteiger partial charge is 0.303 e. The van der Waals surface area contributed by atoms with Crippen molar-refractivity contribution in [3.8, 4) is 0 Å². The van der Waals surface area contributed by atoms with Gasteiger partial charge in [-0.1, -0.05) is 11.6 Å². The van der Waals surface area contributed by atoms with Crippen LogP contribution in [0.1, 0.15) is 27.7 Å². The van der Waals surface area contributed by atoms with Gasteiger partial charge in [-0.3, -0.25) is 19.2 Å². The minimum Gasteiger partial charge on any atom is -0.463 e. The molecule has 1 aliphatic heterocycles. The molecule has 1 fully saturated rings. The number of hydrogen-bond donors (Lipinski definition) is 2. The summed E-state index contributed by atoms with van der Waals surface area (Å²) in [6.07, 6.45) is -5.42. The third-order valence-corrected chi connectivity index (χ3v) is 7.75. The lowest BCUT2D eigenvalue weighted by Crippen LogP contribution is -2.61. The first-order chi connectivity index (χ1) is 19.6. The number of hydrogen-bond acceptors (Lipinski definition) is 16. The maximum absolute atomic E-state index is 12.8. The molecule has 3 N–H and O–H groups in total. The molecule has 5 atom stereocenters. The number of rotatable bonds is 10. The second kappa shape index (κ2) is 14.0. The Hall–Kier alpha value is -3.74. The molecule has 42 heavy (non-hydrogen) atoms. The van der Waals surface area contributed by atoms with E-state index in [1.165, 1.54) is 24.3 Å². The number of nitrogen functional groups attached to an aromatic ring is 1. The Kier molecular flexibility index (Phi) is 10.9. The van der Waals surface area contributed by atoms with Gasteiger partial charge < -0.3 is 29.4 Å². The molecule has 1 aromatic carbocycles. The Morgan fingerprint density at radius 1 is 0.905 bits per heavy atom. The number of benzene rings is 1. The number of sulfonamides is 1. The average molecular weight is 648 g/mol. The van der Waals surface area contributed by atoms with E-state index in [2.05, 4.69) is 19.7 Å². The summed E-state index contributed by atoms with van der Waals surface area (Å²) in [4.78, 5) is 59.2. The molecule has 1 saturated heterocycles. The highest BCUT2D eigenvalue weighted by atomic mass is 35.5. The van der Waals surface area contributed by atoms with Crippen LogP contribution in [0.15, 0.2) is 34.3 Å². The summed E-state index contributed by atoms with van der Waals surface area (Å²) < 4.78 is 55.0. The van der Waals surface area contributed by atoms with Gasteiger partial charge in [-0.2, -0.15) is 15.0 Å². The highest BCUT2D eigenvalue weighted by Gasteiger charge is 2.52. The number of nitrogens with two attached hydrogens (primary N) is 1. The molecule has 1 aromatic heterocycles. The zero-order valence-electron chi connectivity index (χ0n) is 22.5. The molecule has 3 rings (SSSR count). The Balaban J connectivity index is 1.98. The lowest BCUT2D eigenvalue weighted by atomic mass is 9.99. The lowest BCUT2D eigenvalue weighted by molar-refractivity contribution is -0.237. The number of nitrogens with zero attached hydrogens (tertiary/aromatic N) is 3. The van der Waals surface area contributed by atoms with Crippen molar-refractivity contribution in [1.82, 2.24) is 15.0 Å². The van der Waals surface area contributed by atoms with Crippen LogP contribution < -0.4 is 10.5 Å². The molecule has 0 aliphatic carbocycles. The van der Waals surface area contributed by atoms with Gasteiger partial charge >= 0.3 is 23.9 Å². The number of esters is 4. The molecule has 228 valence electrons. The van der Waals surface area contributed by atoms with E-state index in [9.17, 15) is 27.6 Å². The van der Waals surface area contributed by atoms with E-state index in [0.717, 1.165) is 27.7 Å². The van der Waals surface area contributed by atoms with E-state index in [4.69, 9.17) is 41.0 Å². The predicted octanol–water partition coefficient (Wildman–Crippen LogP) is 1.08. The van der Waals surface area contributed by atoms with Gasteiger partial charge in [-0.15, -0.1) is 0 Å². The van der Waals surface area contributed by atoms with Gasteiger partial charge in [0.15, 0.2) is 28.9 Å². The molecule has 0 amide bonds. The second-order valence-electron chi connectivity index (χ2n) is 8.54. The molecule has 0 spiro atoms. The number of ether oxygens (including phenoxy) is 5. The van der Waals surface area contributed by atoms with Gasteiger partial charge in [0.05, 0.1) is 4.90 Å². The molecule has 0 radical (unpaired) electrons. The highest BCUT2D eigenvalue weighted by molar-refractivity contribution is 7.99. The Morgan fingerprint density at radius 3 is 2.05 bits per heavy atom. The molecular formula is C23H26ClN5O11S2. The van der Waals surface area contributed by atoms with Gasteiger partial charge in [-0.25, -0.2) is 13.1 Å². The molecule has 0 saturated carbocycles. The fourth-order valence-electron chi connectivity index (χ4n) is 3.65. The normalized spacial score (nSPS) is 22.0. The topological polar surface area (TPSA) is 225 Å². The zero-order chi connectivity index (χ0) is 31.2. The third kappa shape index (κ3) is 9.13. The van der Waals surface area contributed by atoms with Crippen molar-refractivity contribution < 1.29 is 51.3 Å². The Bertz CT molecular complexity index is 1440. The van der Waals surface area contributed by atoms with E-state index >= 15 is 0 Å². The molecule has 2 aromatic rings. The number of carbonyl (C=O) groups excluding carboxylic acids is 4. The zero-order valence-corrected chi connectivity index (χ0v) is 24.9. The van der Waals surface area contributed by atoms with Crippen molar-refractivity contribution in [3.63, 3.8) is 0 Å². The summed E-state index contributed by atoms with van der Waals surface area (Å²) in [5.74, 6) is -3.92. The van der Waals surface area contributed by atoms with Crippen LogP contribution in [0.5, 0.6) is 0 Å². The van der Waals surface area contributed by atoms with Crippen LogP contribution in [0.3, 0.4) is 0 Å². The Labute approximate surface area is 249 Å². The minimum atomic E-state index is -4.17. The average Bonchev–Trinajstić information content (AvgIpc) is 2.85. The van der Waals surface area contributed by atoms with Gasteiger partial charge in [0.2, 0.25) is 11.9 Å². The first kappa shape index (κ1) is 32.8. The number of aromatic nitrogens is 3. The summed E-state index contributed by atoms with van der Waals surface area (Å²) >= 11 is 6.52. The second-order valence-corrected chi connectivity index (χ2v) is 11.7. The number of thioether (sulfide) groups is 1. The molecule has 0 bridgehead atoms. The van der Waals surface area contributed by atoms with Crippen LogP contribution in [0.2, 0.25) is 5.02 Å². The maximum atomic E-state index is 12.8. The van der Waals surface area contributed by atoms with Crippen LogP contribution in [0, 0.1) is 0 Å². The van der Waals surface area contributed by atoms with Crippen LogP contribution in [0.4, 0.5) is 11.9 Å². The first-order valence-corrected chi connectivity index (χ1v) is 14.7. The lowest BCUT2D eigenvalue weighted by Gasteiger charge is -2.43. The van der Waals surface area contributed by atoms with Crippen LogP contribution >= 0.6 is 23.4 Å². The van der Waals surface area contributed by atoms with E-state index in [0.29, 0.717) is 16.8 Å². The third-order valence-electron chi connectivity index (χ3n) is 5.15. The fraction of sp³-hybridized carbons (Fsp3) is 0.435. The van der Waals surface area contributed by atoms with Crippen molar-refractivity contribution in [2.45, 2.75) is 67.6 Å². The van der Waals surface area contributed by atoms with Crippen LogP contribution in [0.25, 0.3) is 0 Å². The van der Waals surface area contributed by atoms with Gasteiger partial charge in [-0.05, 0) is 36.0 Å². The summed E-state index contributed by atoms with van der Waals surface area (Å²) in [6.45, 7) is 3.96. The molecule has 19 heteroatoms. The molecular weight excluding hydrogens is 622 g/mol. The fourth-order valence-corrected chi connectivity index (χ4v) is 5.76. The summed E-state index contributed by atoms with van der Waals surface area (Å²) in [6, 6.07) is 5.29. The van der Waals surface area contributed by atoms with Crippen molar-refractivity contribution in [2.24, 2.45) is 0 Å². The first-order valence-electron chi connectivity index (χ1n) is 11.9. The van der Waals surface area contributed by atoms with E-state index in [-0.39, 0.29) is 16.0 Å². The molecule has 1 aliphatic rings. The van der Waals surface area contributed by atoms with Gasteiger partial charge in [0, 0.05) is 32.7 Å². The van der Waals surface area contributed by atoms with E-state index in [1.54, 1.807) is 0 Å². The quantitative estimate of drug-likeness (QED) is 0.272. The maximum Gasteiger partial charge on any atom is 0.303 e. The van der Waals surface area contributed by atoms with Gasteiger partial charge in [0.1, 0.15) is 12.7 Å². The monoisotopic (exact) mass is 647 g/mol. The van der Waals surface area contributed by atoms with Crippen LogP contribution in [-0.2, 0) is 52.9 Å². The summed E-state index contributed by atoms with van der Waals surface area (Å²) in [7, 11) is -4.17. The molecule has 16 nitrogen and oxygen atoms in total. The number of anilines is 2. The number of nitrogens with one attached hydrogen (secondary N) is 1. The standard InChI is InChI=1S/C23H26ClN5O11S2/c1-10(30)36-9-16-17(37-11(2)31)18(38-12(3)32)19(39-13(4)33)20(40-16)41-23-27-21(25)26-22(28-23)29-42(34,35)15-7-5-14(24)6-8-15/h5-8,16-20H,9H2,1-4H3,(H3,25,26,27,28,29). The van der Waals surface area contributed by atoms with Crippen molar-refractivity contribution in [3.05, 3.63) is 29.3 Å². The number of halogens is 1. The SMILES string of the molecule is CC(=O)OCC1OC(Sc2nc(N)nc(NS(=O)(=O)c3ccc(Cl)cc3)n2)C(OC(C)=O)C(OC(C)=O)C1OC(C)=O.